The molecule has 0 radical (unpaired) electrons. The summed E-state index contributed by atoms with van der Waals surface area (Å²) in [6, 6.07) is 10.0. The van der Waals surface area contributed by atoms with Crippen LogP contribution in [0.25, 0.3) is 0 Å². The SMILES string of the molecule is COc1ccc(CCN2CCC3CCC(C2)N3)cc1. The molecule has 0 amide bonds. The maximum Gasteiger partial charge on any atom is 0.118 e. The minimum Gasteiger partial charge on any atom is -0.497 e. The van der Waals surface area contributed by atoms with E-state index < -0.39 is 0 Å². The quantitative estimate of drug-likeness (QED) is 0.897. The first-order valence-corrected chi connectivity index (χ1v) is 7.45. The molecule has 19 heavy (non-hydrogen) atoms. The molecule has 2 bridgehead atoms. The van der Waals surface area contributed by atoms with Crippen molar-refractivity contribution in [2.75, 3.05) is 26.7 Å². The van der Waals surface area contributed by atoms with Gasteiger partial charge in [-0.2, -0.15) is 0 Å². The second kappa shape index (κ2) is 5.93. The van der Waals surface area contributed by atoms with E-state index in [1.54, 1.807) is 7.11 Å². The first-order valence-electron chi connectivity index (χ1n) is 7.45. The molecule has 2 unspecified atom stereocenters. The fourth-order valence-corrected chi connectivity index (χ4v) is 3.30. The highest BCUT2D eigenvalue weighted by molar-refractivity contribution is 5.27. The molecule has 2 saturated heterocycles. The van der Waals surface area contributed by atoms with E-state index in [9.17, 15) is 0 Å². The molecule has 104 valence electrons. The van der Waals surface area contributed by atoms with Crippen LogP contribution in [0, 0.1) is 0 Å². The van der Waals surface area contributed by atoms with Crippen molar-refractivity contribution >= 4 is 0 Å². The van der Waals surface area contributed by atoms with Crippen molar-refractivity contribution in [3.63, 3.8) is 0 Å². The van der Waals surface area contributed by atoms with Gasteiger partial charge < -0.3 is 15.0 Å². The summed E-state index contributed by atoms with van der Waals surface area (Å²) in [6.45, 7) is 3.66. The standard InChI is InChI=1S/C16H24N2O/c1-19-16-6-2-13(3-7-16)8-10-18-11-9-14-4-5-15(12-18)17-14/h2-3,6-7,14-15,17H,4-5,8-12H2,1H3. The van der Waals surface area contributed by atoms with Crippen molar-refractivity contribution < 1.29 is 4.74 Å². The summed E-state index contributed by atoms with van der Waals surface area (Å²) in [5.41, 5.74) is 1.41. The lowest BCUT2D eigenvalue weighted by molar-refractivity contribution is 0.262. The molecule has 2 aliphatic heterocycles. The molecule has 2 atom stereocenters. The molecule has 2 fully saturated rings. The van der Waals surface area contributed by atoms with Crippen LogP contribution in [0.1, 0.15) is 24.8 Å². The van der Waals surface area contributed by atoms with E-state index in [0.29, 0.717) is 0 Å². The van der Waals surface area contributed by atoms with Gasteiger partial charge in [0.2, 0.25) is 0 Å². The second-order valence-electron chi connectivity index (χ2n) is 5.83. The summed E-state index contributed by atoms with van der Waals surface area (Å²) in [5.74, 6) is 0.944. The Morgan fingerprint density at radius 1 is 1.16 bits per heavy atom. The Bertz CT molecular complexity index is 404. The predicted octanol–water partition coefficient (Wildman–Crippen LogP) is 2.06. The van der Waals surface area contributed by atoms with E-state index in [0.717, 1.165) is 24.3 Å². The van der Waals surface area contributed by atoms with Crippen LogP contribution in [-0.2, 0) is 6.42 Å². The van der Waals surface area contributed by atoms with Crippen LogP contribution >= 0.6 is 0 Å². The third-order valence-electron chi connectivity index (χ3n) is 4.48. The molecule has 0 spiro atoms. The molecular weight excluding hydrogens is 236 g/mol. The molecule has 3 nitrogen and oxygen atoms in total. The van der Waals surface area contributed by atoms with Gasteiger partial charge in [0.25, 0.3) is 0 Å². The van der Waals surface area contributed by atoms with E-state index in [2.05, 4.69) is 34.5 Å². The summed E-state index contributed by atoms with van der Waals surface area (Å²) < 4.78 is 5.19. The molecule has 0 aromatic heterocycles. The van der Waals surface area contributed by atoms with Gasteiger partial charge in [-0.15, -0.1) is 0 Å². The molecule has 1 aromatic rings. The van der Waals surface area contributed by atoms with E-state index in [1.807, 2.05) is 0 Å². The lowest BCUT2D eigenvalue weighted by atomic mass is 10.1. The van der Waals surface area contributed by atoms with Gasteiger partial charge in [-0.3, -0.25) is 0 Å². The molecular formula is C16H24N2O. The number of fused-ring (bicyclic) bond motifs is 2. The molecule has 3 heteroatoms. The van der Waals surface area contributed by atoms with Gasteiger partial charge in [0.15, 0.2) is 0 Å². The molecule has 1 aromatic carbocycles. The van der Waals surface area contributed by atoms with Gasteiger partial charge in [0, 0.05) is 25.2 Å². The van der Waals surface area contributed by atoms with Gasteiger partial charge in [-0.05, 0) is 49.9 Å². The topological polar surface area (TPSA) is 24.5 Å². The Balaban J connectivity index is 1.51. The Morgan fingerprint density at radius 3 is 2.74 bits per heavy atom. The highest BCUT2D eigenvalue weighted by atomic mass is 16.5. The van der Waals surface area contributed by atoms with Crippen LogP contribution in [-0.4, -0.2) is 43.7 Å². The summed E-state index contributed by atoms with van der Waals surface area (Å²) in [7, 11) is 1.72. The smallest absolute Gasteiger partial charge is 0.118 e. The summed E-state index contributed by atoms with van der Waals surface area (Å²) in [6.07, 6.45) is 5.21. The lowest BCUT2D eigenvalue weighted by Gasteiger charge is -2.23. The van der Waals surface area contributed by atoms with E-state index >= 15 is 0 Å². The Labute approximate surface area is 115 Å². The maximum atomic E-state index is 5.19. The molecule has 0 aliphatic carbocycles. The second-order valence-corrected chi connectivity index (χ2v) is 5.83. The first-order chi connectivity index (χ1) is 9.33. The number of nitrogens with one attached hydrogen (secondary N) is 1. The summed E-state index contributed by atoms with van der Waals surface area (Å²) in [4.78, 5) is 2.63. The highest BCUT2D eigenvalue weighted by Crippen LogP contribution is 2.20. The molecule has 1 N–H and O–H groups in total. The van der Waals surface area contributed by atoms with Crippen LogP contribution in [0.2, 0.25) is 0 Å². The minimum absolute atomic E-state index is 0.739. The Morgan fingerprint density at radius 2 is 1.95 bits per heavy atom. The van der Waals surface area contributed by atoms with Crippen LogP contribution in [0.5, 0.6) is 5.75 Å². The Hall–Kier alpha value is -1.06. The normalized spacial score (nSPS) is 27.2. The van der Waals surface area contributed by atoms with Crippen molar-refractivity contribution in [3.8, 4) is 5.75 Å². The number of ether oxygens (including phenoxy) is 1. The zero-order chi connectivity index (χ0) is 13.1. The van der Waals surface area contributed by atoms with E-state index in [-0.39, 0.29) is 0 Å². The number of hydrogen-bond acceptors (Lipinski definition) is 3. The van der Waals surface area contributed by atoms with Crippen LogP contribution in [0.4, 0.5) is 0 Å². The number of nitrogens with zero attached hydrogens (tertiary/aromatic N) is 1. The monoisotopic (exact) mass is 260 g/mol. The number of hydrogen-bond donors (Lipinski definition) is 1. The van der Waals surface area contributed by atoms with Crippen molar-refractivity contribution in [1.82, 2.24) is 10.2 Å². The van der Waals surface area contributed by atoms with Crippen LogP contribution in [0.15, 0.2) is 24.3 Å². The zero-order valence-electron chi connectivity index (χ0n) is 11.8. The van der Waals surface area contributed by atoms with Crippen molar-refractivity contribution in [2.45, 2.75) is 37.8 Å². The molecule has 3 rings (SSSR count). The Kier molecular flexibility index (Phi) is 4.04. The van der Waals surface area contributed by atoms with Crippen LogP contribution in [0.3, 0.4) is 0 Å². The average molecular weight is 260 g/mol. The van der Waals surface area contributed by atoms with Crippen molar-refractivity contribution in [2.24, 2.45) is 0 Å². The fourth-order valence-electron chi connectivity index (χ4n) is 3.30. The van der Waals surface area contributed by atoms with E-state index in [1.165, 1.54) is 44.5 Å². The third kappa shape index (κ3) is 3.28. The number of methoxy groups -OCH3 is 1. The van der Waals surface area contributed by atoms with Gasteiger partial charge in [-0.1, -0.05) is 12.1 Å². The number of likely N-dealkylation sites (tertiary alicyclic amines) is 1. The van der Waals surface area contributed by atoms with Gasteiger partial charge in [0.1, 0.15) is 5.75 Å². The van der Waals surface area contributed by atoms with Crippen molar-refractivity contribution in [3.05, 3.63) is 29.8 Å². The zero-order valence-corrected chi connectivity index (χ0v) is 11.8. The van der Waals surface area contributed by atoms with E-state index in [4.69, 9.17) is 4.74 Å². The largest absolute Gasteiger partial charge is 0.497 e. The van der Waals surface area contributed by atoms with Gasteiger partial charge >= 0.3 is 0 Å². The first kappa shape index (κ1) is 12.9. The van der Waals surface area contributed by atoms with Crippen LogP contribution < -0.4 is 10.1 Å². The van der Waals surface area contributed by atoms with Gasteiger partial charge in [-0.25, -0.2) is 0 Å². The number of rotatable bonds is 4. The predicted molar refractivity (Wildman–Crippen MR) is 77.7 cm³/mol. The van der Waals surface area contributed by atoms with Crippen molar-refractivity contribution in [1.29, 1.82) is 0 Å². The number of benzene rings is 1. The molecule has 2 aliphatic rings. The fraction of sp³-hybridized carbons (Fsp3) is 0.625. The molecule has 0 saturated carbocycles. The molecule has 2 heterocycles. The highest BCUT2D eigenvalue weighted by Gasteiger charge is 2.28. The van der Waals surface area contributed by atoms with Gasteiger partial charge in [0.05, 0.1) is 7.11 Å². The summed E-state index contributed by atoms with van der Waals surface area (Å²) >= 11 is 0. The lowest BCUT2D eigenvalue weighted by Crippen LogP contribution is -2.36. The third-order valence-corrected chi connectivity index (χ3v) is 4.48. The maximum absolute atomic E-state index is 5.19. The average Bonchev–Trinajstić information content (AvgIpc) is 2.78. The minimum atomic E-state index is 0.739. The summed E-state index contributed by atoms with van der Waals surface area (Å²) in [5, 5.41) is 3.74.